The maximum absolute atomic E-state index is 12.0. The van der Waals surface area contributed by atoms with Crippen molar-refractivity contribution >= 4 is 11.8 Å². The number of imide groups is 1. The van der Waals surface area contributed by atoms with E-state index >= 15 is 0 Å². The monoisotopic (exact) mass is 237 g/mol. The Bertz CT molecular complexity index is 330. The van der Waals surface area contributed by atoms with Crippen LogP contribution < -0.4 is 5.73 Å². The van der Waals surface area contributed by atoms with Crippen LogP contribution >= 0.6 is 0 Å². The Labute approximate surface area is 101 Å². The van der Waals surface area contributed by atoms with Crippen molar-refractivity contribution in [3.63, 3.8) is 0 Å². The molecule has 2 saturated heterocycles. The molecule has 1 saturated carbocycles. The molecule has 3 aliphatic rings. The van der Waals surface area contributed by atoms with E-state index < -0.39 is 0 Å². The first-order chi connectivity index (χ1) is 8.24. The molecule has 2 unspecified atom stereocenters. The SMILES string of the molecule is NCC1C2C(=O)N(CCN3CCCC3)C(=O)C12. The molecule has 2 N–H and O–H groups in total. The molecular formula is C12H19N3O2. The zero-order chi connectivity index (χ0) is 12.0. The van der Waals surface area contributed by atoms with Gasteiger partial charge in [0.25, 0.3) is 0 Å². The lowest BCUT2D eigenvalue weighted by molar-refractivity contribution is -0.142. The Morgan fingerprint density at radius 1 is 1.06 bits per heavy atom. The summed E-state index contributed by atoms with van der Waals surface area (Å²) in [6, 6.07) is 0. The molecule has 2 atom stereocenters. The van der Waals surface area contributed by atoms with Gasteiger partial charge in [-0.15, -0.1) is 0 Å². The van der Waals surface area contributed by atoms with Crippen LogP contribution in [-0.4, -0.2) is 54.3 Å². The number of carbonyl (C=O) groups excluding carboxylic acids is 2. The van der Waals surface area contributed by atoms with Crippen LogP contribution in [0.15, 0.2) is 0 Å². The Morgan fingerprint density at radius 2 is 1.65 bits per heavy atom. The normalized spacial score (nSPS) is 36.8. The van der Waals surface area contributed by atoms with E-state index in [4.69, 9.17) is 5.73 Å². The van der Waals surface area contributed by atoms with Crippen LogP contribution in [0.5, 0.6) is 0 Å². The maximum Gasteiger partial charge on any atom is 0.233 e. The molecule has 2 aliphatic heterocycles. The van der Waals surface area contributed by atoms with Gasteiger partial charge < -0.3 is 10.6 Å². The lowest BCUT2D eigenvalue weighted by Gasteiger charge is -2.21. The van der Waals surface area contributed by atoms with Gasteiger partial charge in [0.05, 0.1) is 11.8 Å². The summed E-state index contributed by atoms with van der Waals surface area (Å²) >= 11 is 0. The fourth-order valence-electron chi connectivity index (χ4n) is 3.28. The number of hydrogen-bond acceptors (Lipinski definition) is 4. The van der Waals surface area contributed by atoms with Crippen LogP contribution in [0.4, 0.5) is 0 Å². The van der Waals surface area contributed by atoms with Crippen LogP contribution in [0.1, 0.15) is 12.8 Å². The lowest BCUT2D eigenvalue weighted by Crippen LogP contribution is -2.40. The van der Waals surface area contributed by atoms with Gasteiger partial charge in [-0.1, -0.05) is 0 Å². The molecule has 5 heteroatoms. The Hall–Kier alpha value is -0.940. The summed E-state index contributed by atoms with van der Waals surface area (Å²) in [4.78, 5) is 27.7. The summed E-state index contributed by atoms with van der Waals surface area (Å²) in [5.74, 6) is 0.0273. The van der Waals surface area contributed by atoms with Crippen LogP contribution in [0.2, 0.25) is 0 Å². The fraction of sp³-hybridized carbons (Fsp3) is 0.833. The third-order valence-electron chi connectivity index (χ3n) is 4.38. The number of carbonyl (C=O) groups is 2. The van der Waals surface area contributed by atoms with Crippen molar-refractivity contribution in [1.29, 1.82) is 0 Å². The predicted octanol–water partition coefficient (Wildman–Crippen LogP) is -0.728. The smallest absolute Gasteiger partial charge is 0.233 e. The van der Waals surface area contributed by atoms with Crippen LogP contribution in [0.3, 0.4) is 0 Å². The molecule has 0 aromatic rings. The number of fused-ring (bicyclic) bond motifs is 1. The average molecular weight is 237 g/mol. The van der Waals surface area contributed by atoms with Gasteiger partial charge in [-0.3, -0.25) is 14.5 Å². The Kier molecular flexibility index (Phi) is 2.67. The number of hydrogen-bond donors (Lipinski definition) is 1. The highest BCUT2D eigenvalue weighted by Crippen LogP contribution is 2.52. The van der Waals surface area contributed by atoms with Gasteiger partial charge in [0, 0.05) is 13.1 Å². The molecule has 0 aromatic heterocycles. The summed E-state index contributed by atoms with van der Waals surface area (Å²) in [5, 5.41) is 0. The maximum atomic E-state index is 12.0. The van der Waals surface area contributed by atoms with Crippen molar-refractivity contribution in [3.8, 4) is 0 Å². The zero-order valence-corrected chi connectivity index (χ0v) is 9.97. The van der Waals surface area contributed by atoms with E-state index in [9.17, 15) is 9.59 Å². The zero-order valence-electron chi connectivity index (χ0n) is 9.97. The summed E-state index contributed by atoms with van der Waals surface area (Å²) < 4.78 is 0. The predicted molar refractivity (Wildman–Crippen MR) is 61.9 cm³/mol. The third kappa shape index (κ3) is 1.68. The van der Waals surface area contributed by atoms with Gasteiger partial charge in [0.15, 0.2) is 0 Å². The van der Waals surface area contributed by atoms with Crippen LogP contribution in [0.25, 0.3) is 0 Å². The lowest BCUT2D eigenvalue weighted by atomic mass is 10.2. The topological polar surface area (TPSA) is 66.6 Å². The summed E-state index contributed by atoms with van der Waals surface area (Å²) in [6.07, 6.45) is 2.48. The van der Waals surface area contributed by atoms with Gasteiger partial charge in [-0.25, -0.2) is 0 Å². The number of nitrogens with zero attached hydrogens (tertiary/aromatic N) is 2. The quantitative estimate of drug-likeness (QED) is 0.655. The summed E-state index contributed by atoms with van der Waals surface area (Å²) in [7, 11) is 0. The van der Waals surface area contributed by atoms with E-state index in [2.05, 4.69) is 4.90 Å². The number of amides is 2. The number of nitrogens with two attached hydrogens (primary N) is 1. The minimum Gasteiger partial charge on any atom is -0.330 e. The molecule has 3 fully saturated rings. The van der Waals surface area contributed by atoms with Crippen molar-refractivity contribution in [3.05, 3.63) is 0 Å². The second-order valence-electron chi connectivity index (χ2n) is 5.33. The largest absolute Gasteiger partial charge is 0.330 e. The highest BCUT2D eigenvalue weighted by Gasteiger charge is 2.66. The highest BCUT2D eigenvalue weighted by molar-refractivity contribution is 6.09. The highest BCUT2D eigenvalue weighted by atomic mass is 16.2. The van der Waals surface area contributed by atoms with Gasteiger partial charge in [0.1, 0.15) is 0 Å². The van der Waals surface area contributed by atoms with Gasteiger partial charge in [0.2, 0.25) is 11.8 Å². The number of likely N-dealkylation sites (tertiary alicyclic amines) is 2. The molecule has 2 heterocycles. The van der Waals surface area contributed by atoms with E-state index in [0.29, 0.717) is 13.1 Å². The average Bonchev–Trinajstić information content (AvgIpc) is 2.72. The molecule has 0 aromatic carbocycles. The molecular weight excluding hydrogens is 218 g/mol. The molecule has 1 aliphatic carbocycles. The van der Waals surface area contributed by atoms with Gasteiger partial charge in [-0.2, -0.15) is 0 Å². The van der Waals surface area contributed by atoms with E-state index in [0.717, 1.165) is 19.6 Å². The van der Waals surface area contributed by atoms with E-state index in [1.165, 1.54) is 17.7 Å². The van der Waals surface area contributed by atoms with E-state index in [1.807, 2.05) is 0 Å². The van der Waals surface area contributed by atoms with E-state index in [-0.39, 0.29) is 29.6 Å². The number of rotatable bonds is 4. The Morgan fingerprint density at radius 3 is 2.18 bits per heavy atom. The van der Waals surface area contributed by atoms with Crippen molar-refractivity contribution in [2.45, 2.75) is 12.8 Å². The first kappa shape index (κ1) is 11.2. The molecule has 3 rings (SSSR count). The molecule has 17 heavy (non-hydrogen) atoms. The van der Waals surface area contributed by atoms with Crippen molar-refractivity contribution in [1.82, 2.24) is 9.80 Å². The van der Waals surface area contributed by atoms with E-state index in [1.54, 1.807) is 0 Å². The molecule has 2 amide bonds. The fourth-order valence-corrected chi connectivity index (χ4v) is 3.28. The first-order valence-corrected chi connectivity index (χ1v) is 6.51. The molecule has 94 valence electrons. The standard InChI is InChI=1S/C12H19N3O2/c13-7-8-9-10(8)12(17)15(11(9)16)6-5-14-3-1-2-4-14/h8-10H,1-7,13H2. The van der Waals surface area contributed by atoms with Crippen LogP contribution in [-0.2, 0) is 9.59 Å². The van der Waals surface area contributed by atoms with Gasteiger partial charge >= 0.3 is 0 Å². The van der Waals surface area contributed by atoms with Crippen molar-refractivity contribution in [2.75, 3.05) is 32.7 Å². The summed E-state index contributed by atoms with van der Waals surface area (Å²) in [5.41, 5.74) is 5.54. The second-order valence-corrected chi connectivity index (χ2v) is 5.33. The van der Waals surface area contributed by atoms with Crippen LogP contribution in [0, 0.1) is 17.8 Å². The molecule has 0 spiro atoms. The first-order valence-electron chi connectivity index (χ1n) is 6.51. The number of piperidine rings is 1. The van der Waals surface area contributed by atoms with Crippen molar-refractivity contribution in [2.24, 2.45) is 23.5 Å². The Balaban J connectivity index is 1.55. The molecule has 0 bridgehead atoms. The minimum absolute atomic E-state index is 0.0228. The van der Waals surface area contributed by atoms with Crippen molar-refractivity contribution < 1.29 is 9.59 Å². The molecule has 5 nitrogen and oxygen atoms in total. The third-order valence-corrected chi connectivity index (χ3v) is 4.38. The molecule has 0 radical (unpaired) electrons. The van der Waals surface area contributed by atoms with Gasteiger partial charge in [-0.05, 0) is 38.4 Å². The second kappa shape index (κ2) is 4.07. The summed E-state index contributed by atoms with van der Waals surface area (Å²) in [6.45, 7) is 4.09. The minimum atomic E-state index is -0.0777.